The van der Waals surface area contributed by atoms with Gasteiger partial charge in [0.05, 0.1) is 31.0 Å². The molecule has 0 bridgehead atoms. The molecule has 1 saturated carbocycles. The molecule has 1 aromatic carbocycles. The van der Waals surface area contributed by atoms with Crippen molar-refractivity contribution >= 4 is 34.7 Å². The maximum Gasteiger partial charge on any atom is 0.419 e. The van der Waals surface area contributed by atoms with Crippen molar-refractivity contribution in [2.24, 2.45) is 0 Å². The van der Waals surface area contributed by atoms with Gasteiger partial charge >= 0.3 is 6.18 Å². The van der Waals surface area contributed by atoms with Crippen LogP contribution in [0.3, 0.4) is 0 Å². The first kappa shape index (κ1) is 35.8. The Morgan fingerprint density at radius 1 is 1.02 bits per heavy atom. The Hall–Kier alpha value is -4.54. The first-order valence-corrected chi connectivity index (χ1v) is 17.7. The third kappa shape index (κ3) is 7.64. The molecule has 2 aromatic heterocycles. The monoisotopic (exact) mass is 725 g/mol. The van der Waals surface area contributed by atoms with Crippen molar-refractivity contribution in [1.29, 1.82) is 0 Å². The molecule has 4 aliphatic rings. The number of carbonyl (C=O) groups excluding carboxylic acids is 1. The zero-order valence-corrected chi connectivity index (χ0v) is 29.2. The van der Waals surface area contributed by atoms with Crippen LogP contribution < -0.4 is 25.3 Å². The molecule has 7 rings (SSSR count). The zero-order chi connectivity index (χ0) is 36.6. The van der Waals surface area contributed by atoms with Crippen molar-refractivity contribution in [2.45, 2.75) is 69.4 Å². The molecule has 12 nitrogen and oxygen atoms in total. The van der Waals surface area contributed by atoms with Gasteiger partial charge in [-0.05, 0) is 62.4 Å². The van der Waals surface area contributed by atoms with Crippen LogP contribution in [-0.2, 0) is 15.8 Å². The molecule has 4 fully saturated rings. The van der Waals surface area contributed by atoms with E-state index in [4.69, 9.17) is 14.6 Å². The quantitative estimate of drug-likeness (QED) is 0.192. The van der Waals surface area contributed by atoms with Crippen LogP contribution in [-0.4, -0.2) is 95.2 Å². The molecule has 2 N–H and O–H groups in total. The summed E-state index contributed by atoms with van der Waals surface area (Å²) in [6.45, 7) is 11.0. The Kier molecular flexibility index (Phi) is 10.2. The van der Waals surface area contributed by atoms with Crippen molar-refractivity contribution in [3.8, 4) is 5.88 Å². The number of methoxy groups -OCH3 is 1. The van der Waals surface area contributed by atoms with Gasteiger partial charge in [0.15, 0.2) is 11.6 Å². The van der Waals surface area contributed by atoms with Crippen LogP contribution in [0.2, 0.25) is 0 Å². The second-order valence-electron chi connectivity index (χ2n) is 13.7. The van der Waals surface area contributed by atoms with Crippen molar-refractivity contribution in [2.75, 3.05) is 67.0 Å². The first-order chi connectivity index (χ1) is 25.0. The summed E-state index contributed by atoms with van der Waals surface area (Å²) in [7, 11) is 1.50. The van der Waals surface area contributed by atoms with E-state index in [1.54, 1.807) is 12.1 Å². The highest BCUT2D eigenvalue weighted by molar-refractivity contribution is 6.01. The average molecular weight is 726 g/mol. The number of amides is 1. The molecule has 3 saturated heterocycles. The highest BCUT2D eigenvalue weighted by Gasteiger charge is 2.39. The number of hydrogen-bond acceptors (Lipinski definition) is 11. The van der Waals surface area contributed by atoms with Crippen LogP contribution >= 0.6 is 0 Å². The summed E-state index contributed by atoms with van der Waals surface area (Å²) >= 11 is 0. The molecular formula is C36H43F4N9O3. The fourth-order valence-electron chi connectivity index (χ4n) is 7.61. The molecule has 278 valence electrons. The van der Waals surface area contributed by atoms with Gasteiger partial charge in [-0.2, -0.15) is 18.2 Å². The fourth-order valence-corrected chi connectivity index (χ4v) is 7.61. The average Bonchev–Trinajstić information content (AvgIpc) is 3.86. The molecule has 1 amide bonds. The van der Waals surface area contributed by atoms with Crippen molar-refractivity contribution in [3.05, 3.63) is 66.3 Å². The molecule has 5 heterocycles. The van der Waals surface area contributed by atoms with Gasteiger partial charge in [0.2, 0.25) is 11.8 Å². The van der Waals surface area contributed by atoms with Crippen molar-refractivity contribution in [3.63, 3.8) is 0 Å². The number of nitrogens with one attached hydrogen (secondary N) is 2. The third-order valence-electron chi connectivity index (χ3n) is 10.3. The maximum atomic E-state index is 14.0. The molecule has 3 aromatic rings. The van der Waals surface area contributed by atoms with Crippen LogP contribution in [0.25, 0.3) is 0 Å². The van der Waals surface area contributed by atoms with Crippen LogP contribution in [0.1, 0.15) is 56.2 Å². The number of rotatable bonds is 10. The van der Waals surface area contributed by atoms with E-state index in [0.717, 1.165) is 63.7 Å². The van der Waals surface area contributed by atoms with E-state index in [1.807, 2.05) is 0 Å². The number of pyridine rings is 1. The van der Waals surface area contributed by atoms with Gasteiger partial charge in [-0.3, -0.25) is 19.4 Å². The summed E-state index contributed by atoms with van der Waals surface area (Å²) in [5.41, 5.74) is -0.240. The largest absolute Gasteiger partial charge is 0.479 e. The number of anilines is 5. The predicted molar refractivity (Wildman–Crippen MR) is 188 cm³/mol. The van der Waals surface area contributed by atoms with Crippen LogP contribution in [0.5, 0.6) is 5.88 Å². The fraction of sp³-hybridized carbons (Fsp3) is 0.500. The number of ether oxygens (including phenoxy) is 1. The minimum Gasteiger partial charge on any atom is -0.479 e. The van der Waals surface area contributed by atoms with E-state index in [-0.39, 0.29) is 23.9 Å². The van der Waals surface area contributed by atoms with Gasteiger partial charge in [-0.25, -0.2) is 19.4 Å². The van der Waals surface area contributed by atoms with Gasteiger partial charge in [-0.15, -0.1) is 0 Å². The van der Waals surface area contributed by atoms with Gasteiger partial charge in [0.25, 0.3) is 0 Å². The van der Waals surface area contributed by atoms with Crippen molar-refractivity contribution in [1.82, 2.24) is 24.8 Å². The molecular weight excluding hydrogens is 682 g/mol. The third-order valence-corrected chi connectivity index (χ3v) is 10.3. The highest BCUT2D eigenvalue weighted by Crippen LogP contribution is 2.40. The zero-order valence-electron chi connectivity index (χ0n) is 29.2. The van der Waals surface area contributed by atoms with Crippen LogP contribution in [0.15, 0.2) is 49.3 Å². The first-order valence-electron chi connectivity index (χ1n) is 17.7. The lowest BCUT2D eigenvalue weighted by atomic mass is 10.0. The summed E-state index contributed by atoms with van der Waals surface area (Å²) in [5, 5.41) is 7.47. The standard InChI is InChI=1S/C36H43F4N9O3/c1-4-33(50)44-28-18-29(35(51-3)45-34(28)46-12-9-24(10-13-46)47-14-15-48(22(2)20-47)25-6-7-25)43-31-19-32(42-21-41-31)49-30(11-16-52-49)23-5-8-27(37)26(17-23)36(38,39)40/h4-5,8,17-19,21-22,24-25,30H,1,6-7,9-16,20H2,2-3H3,(H,44,50)(H,41,42,43). The minimum absolute atomic E-state index is 0.217. The lowest BCUT2D eigenvalue weighted by Crippen LogP contribution is -2.57. The molecule has 0 radical (unpaired) electrons. The molecule has 52 heavy (non-hydrogen) atoms. The Balaban J connectivity index is 1.09. The molecule has 2 unspecified atom stereocenters. The summed E-state index contributed by atoms with van der Waals surface area (Å²) in [4.78, 5) is 39.3. The molecule has 3 aliphatic heterocycles. The van der Waals surface area contributed by atoms with Gasteiger partial charge < -0.3 is 20.3 Å². The van der Waals surface area contributed by atoms with E-state index < -0.39 is 29.5 Å². The SMILES string of the molecule is C=CC(=O)Nc1cc(Nc2cc(N3OCCC3c3ccc(F)c(C(F)(F)F)c3)ncn2)c(OC)nc1N1CCC(N2CCN(C3CC3)C(C)C2)CC1. The predicted octanol–water partition coefficient (Wildman–Crippen LogP) is 5.93. The van der Waals surface area contributed by atoms with E-state index in [2.05, 4.69) is 48.8 Å². The Labute approximate surface area is 299 Å². The normalized spacial score (nSPS) is 22.0. The van der Waals surface area contributed by atoms with Crippen LogP contribution in [0, 0.1) is 5.82 Å². The number of nitrogens with zero attached hydrogens (tertiary/aromatic N) is 7. The topological polar surface area (TPSA) is 111 Å². The summed E-state index contributed by atoms with van der Waals surface area (Å²) in [6, 6.07) is 7.38. The van der Waals surface area contributed by atoms with E-state index in [0.29, 0.717) is 41.5 Å². The second kappa shape index (κ2) is 14.8. The Bertz CT molecular complexity index is 1780. The van der Waals surface area contributed by atoms with Gasteiger partial charge in [0, 0.05) is 63.3 Å². The smallest absolute Gasteiger partial charge is 0.419 e. The number of benzene rings is 1. The summed E-state index contributed by atoms with van der Waals surface area (Å²) < 4.78 is 60.2. The number of carbonyl (C=O) groups is 1. The number of piperazine rings is 1. The molecule has 1 aliphatic carbocycles. The summed E-state index contributed by atoms with van der Waals surface area (Å²) in [5.74, 6) is -0.318. The van der Waals surface area contributed by atoms with Crippen LogP contribution in [0.4, 0.5) is 46.4 Å². The van der Waals surface area contributed by atoms with Gasteiger partial charge in [0.1, 0.15) is 23.6 Å². The number of piperidine rings is 1. The number of hydrogen-bond donors (Lipinski definition) is 2. The second-order valence-corrected chi connectivity index (χ2v) is 13.7. The lowest BCUT2D eigenvalue weighted by molar-refractivity contribution is -0.140. The minimum atomic E-state index is -4.84. The van der Waals surface area contributed by atoms with E-state index in [9.17, 15) is 22.4 Å². The van der Waals surface area contributed by atoms with E-state index in [1.165, 1.54) is 43.5 Å². The number of aromatic nitrogens is 3. The maximum absolute atomic E-state index is 14.0. The lowest BCUT2D eigenvalue weighted by Gasteiger charge is -2.46. The van der Waals surface area contributed by atoms with Crippen molar-refractivity contribution < 1.29 is 31.9 Å². The molecule has 0 spiro atoms. The molecule has 16 heteroatoms. The Morgan fingerprint density at radius 3 is 2.50 bits per heavy atom. The number of halogens is 4. The highest BCUT2D eigenvalue weighted by atomic mass is 19.4. The molecule has 2 atom stereocenters. The Morgan fingerprint density at radius 2 is 1.81 bits per heavy atom. The van der Waals surface area contributed by atoms with E-state index >= 15 is 0 Å². The van der Waals surface area contributed by atoms with Gasteiger partial charge in [-0.1, -0.05) is 12.6 Å². The number of hydroxylamine groups is 1. The number of alkyl halides is 3. The summed E-state index contributed by atoms with van der Waals surface area (Å²) in [6.07, 6.45) is 2.57.